The summed E-state index contributed by atoms with van der Waals surface area (Å²) >= 11 is 0. The molecule has 1 fully saturated rings. The van der Waals surface area contributed by atoms with E-state index in [0.717, 1.165) is 45.2 Å². The van der Waals surface area contributed by atoms with Crippen LogP contribution in [0.4, 0.5) is 11.4 Å². The van der Waals surface area contributed by atoms with E-state index in [1.54, 1.807) is 0 Å². The van der Waals surface area contributed by atoms with Crippen LogP contribution in [-0.2, 0) is 18.5 Å². The first-order valence-electron chi connectivity index (χ1n) is 11.8. The Morgan fingerprint density at radius 3 is 1.81 bits per heavy atom. The van der Waals surface area contributed by atoms with Gasteiger partial charge >= 0.3 is 0 Å². The standard InChI is InChI=1S/C27H34N2O5S2/c1-28(2)21-11-15-24(16-12-21)36(34-35(5,30)31,25-17-13-22(14-18-25)29(3)4)26-9-6-8-23(20-26)33-27-10-7-19-32-27/h6,8-9,11-18,20,27H,7,10,19H2,1-5H3. The van der Waals surface area contributed by atoms with E-state index in [4.69, 9.17) is 13.1 Å². The smallest absolute Gasteiger partial charge is 0.274 e. The topological polar surface area (TPSA) is 68.3 Å². The minimum absolute atomic E-state index is 0.306. The third-order valence-electron chi connectivity index (χ3n) is 5.89. The zero-order valence-electron chi connectivity index (χ0n) is 21.4. The van der Waals surface area contributed by atoms with E-state index in [-0.39, 0.29) is 6.29 Å². The maximum Gasteiger partial charge on any atom is 0.274 e. The molecule has 194 valence electrons. The molecule has 0 N–H and O–H groups in total. The third kappa shape index (κ3) is 5.81. The van der Waals surface area contributed by atoms with Gasteiger partial charge in [0.1, 0.15) is 5.75 Å². The molecular formula is C27H34N2O5S2. The molecule has 0 bridgehead atoms. The number of hydrogen-bond acceptors (Lipinski definition) is 7. The monoisotopic (exact) mass is 530 g/mol. The Morgan fingerprint density at radius 2 is 1.36 bits per heavy atom. The molecule has 3 aromatic carbocycles. The highest BCUT2D eigenvalue weighted by Crippen LogP contribution is 2.70. The zero-order chi connectivity index (χ0) is 25.9. The van der Waals surface area contributed by atoms with E-state index >= 15 is 0 Å². The van der Waals surface area contributed by atoms with Crippen LogP contribution in [0.5, 0.6) is 5.75 Å². The number of benzene rings is 3. The number of nitrogens with zero attached hydrogens (tertiary/aromatic N) is 2. The molecule has 0 spiro atoms. The Labute approximate surface area is 216 Å². The Bertz CT molecular complexity index is 1220. The molecule has 0 saturated carbocycles. The second-order valence-electron chi connectivity index (χ2n) is 9.14. The lowest BCUT2D eigenvalue weighted by Crippen LogP contribution is -2.16. The van der Waals surface area contributed by atoms with Gasteiger partial charge in [0.2, 0.25) is 0 Å². The van der Waals surface area contributed by atoms with Crippen molar-refractivity contribution in [3.63, 3.8) is 0 Å². The van der Waals surface area contributed by atoms with Crippen LogP contribution in [0.2, 0.25) is 0 Å². The van der Waals surface area contributed by atoms with Crippen molar-refractivity contribution in [2.24, 2.45) is 0 Å². The van der Waals surface area contributed by atoms with Crippen LogP contribution >= 0.6 is 10.3 Å². The van der Waals surface area contributed by atoms with Crippen LogP contribution in [0.25, 0.3) is 0 Å². The van der Waals surface area contributed by atoms with Gasteiger partial charge in [-0.25, -0.2) is 3.63 Å². The second-order valence-corrected chi connectivity index (χ2v) is 13.6. The maximum absolute atomic E-state index is 12.8. The highest BCUT2D eigenvalue weighted by molar-refractivity contribution is 8.33. The summed E-state index contributed by atoms with van der Waals surface area (Å²) in [6, 6.07) is 23.2. The van der Waals surface area contributed by atoms with E-state index in [1.165, 1.54) is 0 Å². The maximum atomic E-state index is 12.8. The van der Waals surface area contributed by atoms with Crippen LogP contribution in [0.3, 0.4) is 0 Å². The van der Waals surface area contributed by atoms with Crippen molar-refractivity contribution in [3.8, 4) is 5.75 Å². The molecule has 1 atom stereocenters. The van der Waals surface area contributed by atoms with E-state index in [0.29, 0.717) is 12.4 Å². The molecule has 1 aliphatic rings. The molecule has 0 aliphatic carbocycles. The molecular weight excluding hydrogens is 496 g/mol. The summed E-state index contributed by atoms with van der Waals surface area (Å²) in [6.07, 6.45) is 2.57. The Kier molecular flexibility index (Phi) is 7.85. The van der Waals surface area contributed by atoms with Crippen LogP contribution in [0, 0.1) is 0 Å². The molecule has 1 unspecified atom stereocenters. The largest absolute Gasteiger partial charge is 0.465 e. The summed E-state index contributed by atoms with van der Waals surface area (Å²) < 4.78 is 43.5. The molecule has 7 nitrogen and oxygen atoms in total. The van der Waals surface area contributed by atoms with Crippen LogP contribution in [0.1, 0.15) is 12.8 Å². The molecule has 0 radical (unpaired) electrons. The summed E-state index contributed by atoms with van der Waals surface area (Å²) in [5.74, 6) is 0.614. The predicted molar refractivity (Wildman–Crippen MR) is 146 cm³/mol. The lowest BCUT2D eigenvalue weighted by atomic mass is 10.3. The van der Waals surface area contributed by atoms with E-state index < -0.39 is 20.4 Å². The molecule has 0 amide bonds. The first-order valence-corrected chi connectivity index (χ1v) is 15.1. The molecule has 1 aliphatic heterocycles. The molecule has 3 aromatic rings. The minimum atomic E-state index is -3.86. The lowest BCUT2D eigenvalue weighted by Gasteiger charge is -2.39. The van der Waals surface area contributed by atoms with Gasteiger partial charge in [-0.1, -0.05) is 6.07 Å². The fourth-order valence-corrected chi connectivity index (χ4v) is 8.94. The Morgan fingerprint density at radius 1 is 0.806 bits per heavy atom. The van der Waals surface area contributed by atoms with Crippen molar-refractivity contribution in [2.45, 2.75) is 33.8 Å². The van der Waals surface area contributed by atoms with Gasteiger partial charge in [0.25, 0.3) is 10.1 Å². The first kappa shape index (κ1) is 26.3. The number of anilines is 2. The Hall–Kier alpha value is -2.72. The molecule has 0 aromatic heterocycles. The number of rotatable bonds is 9. The fourth-order valence-electron chi connectivity index (χ4n) is 4.10. The molecule has 1 heterocycles. The van der Waals surface area contributed by atoms with Gasteiger partial charge in [0, 0.05) is 60.7 Å². The summed E-state index contributed by atoms with van der Waals surface area (Å²) in [7, 11) is 1.32. The van der Waals surface area contributed by atoms with Crippen molar-refractivity contribution in [2.75, 3.05) is 50.9 Å². The predicted octanol–water partition coefficient (Wildman–Crippen LogP) is 5.51. The summed E-state index contributed by atoms with van der Waals surface area (Å²) in [6.45, 7) is 0.674. The third-order valence-corrected chi connectivity index (χ3v) is 10.5. The quantitative estimate of drug-likeness (QED) is 0.362. The van der Waals surface area contributed by atoms with Gasteiger partial charge in [-0.15, -0.1) is 0 Å². The fraction of sp³-hybridized carbons (Fsp3) is 0.333. The van der Waals surface area contributed by atoms with Gasteiger partial charge in [0.15, 0.2) is 6.29 Å². The van der Waals surface area contributed by atoms with Crippen molar-refractivity contribution in [3.05, 3.63) is 72.8 Å². The van der Waals surface area contributed by atoms with Gasteiger partial charge in [-0.3, -0.25) is 0 Å². The summed E-state index contributed by atoms with van der Waals surface area (Å²) in [5.41, 5.74) is 2.01. The number of ether oxygens (including phenoxy) is 2. The van der Waals surface area contributed by atoms with E-state index in [1.807, 2.05) is 111 Å². The second kappa shape index (κ2) is 10.7. The minimum Gasteiger partial charge on any atom is -0.465 e. The average molecular weight is 531 g/mol. The average Bonchev–Trinajstić information content (AvgIpc) is 3.35. The lowest BCUT2D eigenvalue weighted by molar-refractivity contribution is -0.0391. The van der Waals surface area contributed by atoms with Gasteiger partial charge < -0.3 is 19.3 Å². The highest BCUT2D eigenvalue weighted by Gasteiger charge is 2.37. The molecule has 9 heteroatoms. The van der Waals surface area contributed by atoms with E-state index in [2.05, 4.69) is 0 Å². The SMILES string of the molecule is CN(C)c1ccc(S(OS(C)(=O)=O)(c2ccc(N(C)C)cc2)c2cccc(OC3CCCO3)c2)cc1. The van der Waals surface area contributed by atoms with Crippen molar-refractivity contribution in [1.29, 1.82) is 0 Å². The van der Waals surface area contributed by atoms with Crippen LogP contribution in [0.15, 0.2) is 87.5 Å². The molecule has 36 heavy (non-hydrogen) atoms. The van der Waals surface area contributed by atoms with Crippen molar-refractivity contribution < 1.29 is 21.5 Å². The highest BCUT2D eigenvalue weighted by atomic mass is 32.3. The van der Waals surface area contributed by atoms with Gasteiger partial charge in [0.05, 0.1) is 12.9 Å². The molecule has 1 saturated heterocycles. The van der Waals surface area contributed by atoms with Crippen molar-refractivity contribution >= 4 is 31.8 Å². The summed E-state index contributed by atoms with van der Waals surface area (Å²) in [5, 5.41) is 0. The summed E-state index contributed by atoms with van der Waals surface area (Å²) in [4.78, 5) is 6.26. The van der Waals surface area contributed by atoms with Crippen molar-refractivity contribution in [1.82, 2.24) is 0 Å². The Balaban J connectivity index is 1.93. The number of hydrogen-bond donors (Lipinski definition) is 0. The zero-order valence-corrected chi connectivity index (χ0v) is 23.0. The molecule has 4 rings (SSSR count). The normalized spacial score (nSPS) is 16.5. The van der Waals surface area contributed by atoms with Gasteiger partial charge in [-0.2, -0.15) is 8.42 Å². The van der Waals surface area contributed by atoms with E-state index in [9.17, 15) is 8.42 Å². The van der Waals surface area contributed by atoms with Crippen LogP contribution in [-0.4, -0.2) is 55.8 Å². The van der Waals surface area contributed by atoms with Gasteiger partial charge in [-0.05, 0) is 83.5 Å². The first-order chi connectivity index (χ1) is 17.1. The van der Waals surface area contributed by atoms with Crippen LogP contribution < -0.4 is 14.5 Å².